The summed E-state index contributed by atoms with van der Waals surface area (Å²) >= 11 is 0. The number of hydrogen-bond acceptors (Lipinski definition) is 2. The van der Waals surface area contributed by atoms with Gasteiger partial charge < -0.3 is 10.1 Å². The first-order valence-corrected chi connectivity index (χ1v) is 3.86. The Morgan fingerprint density at radius 1 is 1.50 bits per heavy atom. The normalized spacial score (nSPS) is 11.0. The van der Waals surface area contributed by atoms with Crippen LogP contribution in [0.5, 0.6) is 0 Å². The number of hydrogen-bond donors (Lipinski definition) is 1. The topological polar surface area (TPSA) is 38.3 Å². The lowest BCUT2D eigenvalue weighted by Crippen LogP contribution is -2.41. The minimum atomic E-state index is -0.215. The van der Waals surface area contributed by atoms with Crippen LogP contribution in [0.15, 0.2) is 12.2 Å². The molecule has 0 saturated heterocycles. The molecule has 1 amide bonds. The molecule has 0 aliphatic heterocycles. The van der Waals surface area contributed by atoms with Crippen LogP contribution in [0.1, 0.15) is 20.8 Å². The number of methoxy groups -OCH3 is 1. The molecule has 0 aliphatic carbocycles. The van der Waals surface area contributed by atoms with Gasteiger partial charge in [-0.25, -0.2) is 0 Å². The van der Waals surface area contributed by atoms with Gasteiger partial charge in [-0.05, 0) is 20.8 Å². The zero-order valence-corrected chi connectivity index (χ0v) is 8.23. The standard InChI is InChI=1S/C9H17NO2/c1-7(6-12-5)8(11)10-9(2,3)4/h1,6H2,2-5H3,(H,10,11). The molecule has 0 atom stereocenters. The molecule has 0 aliphatic rings. The molecule has 3 nitrogen and oxygen atoms in total. The first-order valence-electron chi connectivity index (χ1n) is 3.86. The fraction of sp³-hybridized carbons (Fsp3) is 0.667. The van der Waals surface area contributed by atoms with E-state index in [1.807, 2.05) is 20.8 Å². The lowest BCUT2D eigenvalue weighted by atomic mass is 10.1. The zero-order valence-electron chi connectivity index (χ0n) is 8.23. The molecule has 0 unspecified atom stereocenters. The second-order valence-electron chi connectivity index (χ2n) is 3.74. The van der Waals surface area contributed by atoms with Crippen LogP contribution in [0.3, 0.4) is 0 Å². The van der Waals surface area contributed by atoms with Gasteiger partial charge in [0, 0.05) is 18.2 Å². The van der Waals surface area contributed by atoms with Gasteiger partial charge in [0.25, 0.3) is 0 Å². The fourth-order valence-corrected chi connectivity index (χ4v) is 0.669. The van der Waals surface area contributed by atoms with Gasteiger partial charge in [-0.15, -0.1) is 0 Å². The number of rotatable bonds is 3. The van der Waals surface area contributed by atoms with E-state index in [9.17, 15) is 4.79 Å². The molecule has 0 spiro atoms. The van der Waals surface area contributed by atoms with Crippen molar-refractivity contribution in [2.75, 3.05) is 13.7 Å². The number of ether oxygens (including phenoxy) is 1. The molecule has 0 fully saturated rings. The highest BCUT2D eigenvalue weighted by Gasteiger charge is 2.15. The van der Waals surface area contributed by atoms with E-state index < -0.39 is 0 Å². The fourth-order valence-electron chi connectivity index (χ4n) is 0.669. The van der Waals surface area contributed by atoms with Crippen LogP contribution in [0.25, 0.3) is 0 Å². The largest absolute Gasteiger partial charge is 0.380 e. The van der Waals surface area contributed by atoms with E-state index in [0.29, 0.717) is 5.57 Å². The predicted octanol–water partition coefficient (Wildman–Crippen LogP) is 1.10. The summed E-state index contributed by atoms with van der Waals surface area (Å²) in [7, 11) is 1.54. The van der Waals surface area contributed by atoms with Crippen molar-refractivity contribution in [2.45, 2.75) is 26.3 Å². The maximum absolute atomic E-state index is 11.3. The summed E-state index contributed by atoms with van der Waals surface area (Å²) in [6.45, 7) is 9.64. The molecule has 0 aromatic carbocycles. The Morgan fingerprint density at radius 2 is 2.00 bits per heavy atom. The summed E-state index contributed by atoms with van der Waals surface area (Å²) in [5, 5.41) is 2.79. The van der Waals surface area contributed by atoms with Crippen LogP contribution >= 0.6 is 0 Å². The Balaban J connectivity index is 3.97. The Hall–Kier alpha value is -0.830. The zero-order chi connectivity index (χ0) is 9.78. The highest BCUT2D eigenvalue weighted by molar-refractivity contribution is 5.93. The predicted molar refractivity (Wildman–Crippen MR) is 48.9 cm³/mol. The van der Waals surface area contributed by atoms with Crippen LogP contribution in [0, 0.1) is 0 Å². The highest BCUT2D eigenvalue weighted by Crippen LogP contribution is 2.01. The van der Waals surface area contributed by atoms with Gasteiger partial charge in [0.2, 0.25) is 5.91 Å². The Labute approximate surface area is 73.8 Å². The Morgan fingerprint density at radius 3 is 2.33 bits per heavy atom. The van der Waals surface area contributed by atoms with Gasteiger partial charge in [-0.3, -0.25) is 4.79 Å². The van der Waals surface area contributed by atoms with Crippen LogP contribution in [-0.4, -0.2) is 25.2 Å². The summed E-state index contributed by atoms with van der Waals surface area (Å²) < 4.78 is 4.78. The van der Waals surface area contributed by atoms with Crippen molar-refractivity contribution in [3.8, 4) is 0 Å². The molecule has 0 rings (SSSR count). The number of carbonyl (C=O) groups excluding carboxylic acids is 1. The van der Waals surface area contributed by atoms with E-state index in [-0.39, 0.29) is 18.1 Å². The van der Waals surface area contributed by atoms with Gasteiger partial charge in [0.05, 0.1) is 6.61 Å². The molecule has 0 saturated carbocycles. The van der Waals surface area contributed by atoms with Crippen LogP contribution in [0.2, 0.25) is 0 Å². The van der Waals surface area contributed by atoms with E-state index in [1.54, 1.807) is 0 Å². The van der Waals surface area contributed by atoms with E-state index >= 15 is 0 Å². The van der Waals surface area contributed by atoms with Gasteiger partial charge in [0.1, 0.15) is 0 Å². The lowest BCUT2D eigenvalue weighted by Gasteiger charge is -2.20. The lowest BCUT2D eigenvalue weighted by molar-refractivity contribution is -0.119. The third kappa shape index (κ3) is 4.91. The molecule has 0 aromatic rings. The summed E-state index contributed by atoms with van der Waals surface area (Å²) in [6, 6.07) is 0. The van der Waals surface area contributed by atoms with Crippen molar-refractivity contribution >= 4 is 5.91 Å². The van der Waals surface area contributed by atoms with Crippen molar-refractivity contribution < 1.29 is 9.53 Å². The van der Waals surface area contributed by atoms with E-state index in [0.717, 1.165) is 0 Å². The minimum absolute atomic E-state index is 0.149. The van der Waals surface area contributed by atoms with Crippen LogP contribution in [-0.2, 0) is 9.53 Å². The van der Waals surface area contributed by atoms with Crippen molar-refractivity contribution in [1.82, 2.24) is 5.32 Å². The number of carbonyl (C=O) groups is 1. The second-order valence-corrected chi connectivity index (χ2v) is 3.74. The van der Waals surface area contributed by atoms with Crippen molar-refractivity contribution in [2.24, 2.45) is 0 Å². The van der Waals surface area contributed by atoms with Gasteiger partial charge in [-0.1, -0.05) is 6.58 Å². The minimum Gasteiger partial charge on any atom is -0.380 e. The smallest absolute Gasteiger partial charge is 0.249 e. The molecular weight excluding hydrogens is 154 g/mol. The molecule has 70 valence electrons. The molecule has 0 bridgehead atoms. The first-order chi connectivity index (χ1) is 5.37. The van der Waals surface area contributed by atoms with Gasteiger partial charge >= 0.3 is 0 Å². The van der Waals surface area contributed by atoms with E-state index in [4.69, 9.17) is 4.74 Å². The summed E-state index contributed by atoms with van der Waals surface area (Å²) in [6.07, 6.45) is 0. The monoisotopic (exact) mass is 171 g/mol. The highest BCUT2D eigenvalue weighted by atomic mass is 16.5. The molecule has 3 heteroatoms. The Bertz CT molecular complexity index is 179. The SMILES string of the molecule is C=C(COC)C(=O)NC(C)(C)C. The van der Waals surface area contributed by atoms with E-state index in [1.165, 1.54) is 7.11 Å². The second kappa shape index (κ2) is 4.26. The quantitative estimate of drug-likeness (QED) is 0.646. The molecular formula is C9H17NO2. The van der Waals surface area contributed by atoms with Crippen LogP contribution in [0.4, 0.5) is 0 Å². The van der Waals surface area contributed by atoms with Crippen molar-refractivity contribution in [1.29, 1.82) is 0 Å². The number of nitrogens with one attached hydrogen (secondary N) is 1. The van der Waals surface area contributed by atoms with E-state index in [2.05, 4.69) is 11.9 Å². The van der Waals surface area contributed by atoms with Crippen molar-refractivity contribution in [3.63, 3.8) is 0 Å². The summed E-state index contributed by atoms with van der Waals surface area (Å²) in [5.74, 6) is -0.149. The van der Waals surface area contributed by atoms with Crippen molar-refractivity contribution in [3.05, 3.63) is 12.2 Å². The third-order valence-electron chi connectivity index (χ3n) is 1.13. The number of amides is 1. The first kappa shape index (κ1) is 11.2. The molecule has 0 radical (unpaired) electrons. The Kier molecular flexibility index (Phi) is 3.96. The van der Waals surface area contributed by atoms with Crippen LogP contribution < -0.4 is 5.32 Å². The maximum atomic E-state index is 11.3. The van der Waals surface area contributed by atoms with Gasteiger partial charge in [0.15, 0.2) is 0 Å². The third-order valence-corrected chi connectivity index (χ3v) is 1.13. The molecule has 12 heavy (non-hydrogen) atoms. The van der Waals surface area contributed by atoms with Gasteiger partial charge in [-0.2, -0.15) is 0 Å². The molecule has 1 N–H and O–H groups in total. The molecule has 0 heterocycles. The summed E-state index contributed by atoms with van der Waals surface area (Å²) in [4.78, 5) is 11.3. The average Bonchev–Trinajstić information content (AvgIpc) is 1.84. The maximum Gasteiger partial charge on any atom is 0.249 e. The molecule has 0 aromatic heterocycles. The summed E-state index contributed by atoms with van der Waals surface area (Å²) in [5.41, 5.74) is 0.237. The average molecular weight is 171 g/mol.